The number of aromatic nitrogens is 2. The monoisotopic (exact) mass is 314 g/mol. The van der Waals surface area contributed by atoms with Gasteiger partial charge in [-0.25, -0.2) is 9.97 Å². The van der Waals surface area contributed by atoms with E-state index in [1.165, 1.54) is 11.3 Å². The van der Waals surface area contributed by atoms with Gasteiger partial charge in [-0.1, -0.05) is 6.07 Å². The maximum Gasteiger partial charge on any atom is 0.266 e. The molecule has 0 atom stereocenters. The molecular weight excluding hydrogens is 300 g/mol. The zero-order valence-electron chi connectivity index (χ0n) is 11.7. The van der Waals surface area contributed by atoms with Crippen LogP contribution in [0.3, 0.4) is 0 Å². The van der Waals surface area contributed by atoms with Crippen LogP contribution in [0.4, 0.5) is 5.82 Å². The van der Waals surface area contributed by atoms with Gasteiger partial charge in [-0.3, -0.25) is 4.79 Å². The van der Waals surface area contributed by atoms with Gasteiger partial charge in [-0.15, -0.1) is 11.3 Å². The third-order valence-electron chi connectivity index (χ3n) is 2.88. The van der Waals surface area contributed by atoms with Crippen molar-refractivity contribution in [2.24, 2.45) is 5.73 Å². The van der Waals surface area contributed by atoms with Crippen molar-refractivity contribution in [1.82, 2.24) is 9.97 Å². The number of anilines is 1. The minimum atomic E-state index is -0.216. The zero-order chi connectivity index (χ0) is 15.4. The zero-order valence-corrected chi connectivity index (χ0v) is 12.5. The molecule has 0 fully saturated rings. The van der Waals surface area contributed by atoms with E-state index < -0.39 is 0 Å². The molecule has 0 aliphatic carbocycles. The van der Waals surface area contributed by atoms with Crippen molar-refractivity contribution in [3.05, 3.63) is 47.6 Å². The minimum absolute atomic E-state index is 0.216. The van der Waals surface area contributed by atoms with E-state index in [1.54, 1.807) is 24.5 Å². The number of fused-ring (bicyclic) bond motifs is 1. The van der Waals surface area contributed by atoms with E-state index in [-0.39, 0.29) is 5.91 Å². The van der Waals surface area contributed by atoms with E-state index in [9.17, 15) is 4.79 Å². The molecule has 3 aromatic rings. The number of pyridine rings is 2. The summed E-state index contributed by atoms with van der Waals surface area (Å²) in [6, 6.07) is 8.97. The molecule has 0 spiro atoms. The predicted molar refractivity (Wildman–Crippen MR) is 86.4 cm³/mol. The van der Waals surface area contributed by atoms with Gasteiger partial charge < -0.3 is 15.8 Å². The maximum absolute atomic E-state index is 12.3. The topological polar surface area (TPSA) is 90.1 Å². The van der Waals surface area contributed by atoms with Crippen molar-refractivity contribution < 1.29 is 9.53 Å². The van der Waals surface area contributed by atoms with E-state index in [2.05, 4.69) is 15.3 Å². The Morgan fingerprint density at radius 3 is 3.00 bits per heavy atom. The molecule has 6 nitrogen and oxygen atoms in total. The number of amides is 1. The Morgan fingerprint density at radius 1 is 1.27 bits per heavy atom. The molecule has 0 aliphatic rings. The second-order valence-electron chi connectivity index (χ2n) is 4.48. The number of hydrogen-bond donors (Lipinski definition) is 2. The molecule has 0 saturated carbocycles. The summed E-state index contributed by atoms with van der Waals surface area (Å²) >= 11 is 1.34. The molecule has 112 valence electrons. The number of ether oxygens (including phenoxy) is 1. The molecular formula is C15H14N4O2S. The molecule has 0 aliphatic heterocycles. The van der Waals surface area contributed by atoms with E-state index in [4.69, 9.17) is 10.5 Å². The fourth-order valence-electron chi connectivity index (χ4n) is 1.91. The van der Waals surface area contributed by atoms with Crippen LogP contribution in [-0.2, 0) is 0 Å². The van der Waals surface area contributed by atoms with Crippen molar-refractivity contribution in [2.45, 2.75) is 0 Å². The molecule has 0 aromatic carbocycles. The van der Waals surface area contributed by atoms with Gasteiger partial charge in [0.2, 0.25) is 0 Å². The van der Waals surface area contributed by atoms with Gasteiger partial charge in [0.1, 0.15) is 23.0 Å². The molecule has 0 bridgehead atoms. The lowest BCUT2D eigenvalue weighted by Crippen LogP contribution is -2.13. The summed E-state index contributed by atoms with van der Waals surface area (Å²) in [6.45, 7) is 0.845. The summed E-state index contributed by atoms with van der Waals surface area (Å²) in [4.78, 5) is 22.0. The number of rotatable bonds is 5. The lowest BCUT2D eigenvalue weighted by molar-refractivity contribution is 0.103. The summed E-state index contributed by atoms with van der Waals surface area (Å²) in [5.74, 6) is 0.838. The molecule has 0 saturated heterocycles. The highest BCUT2D eigenvalue weighted by Crippen LogP contribution is 2.24. The summed E-state index contributed by atoms with van der Waals surface area (Å²) in [6.07, 6.45) is 3.29. The van der Waals surface area contributed by atoms with E-state index in [1.807, 2.05) is 18.2 Å². The molecule has 3 rings (SSSR count). The number of carbonyl (C=O) groups is 1. The van der Waals surface area contributed by atoms with Crippen LogP contribution in [-0.4, -0.2) is 29.0 Å². The second kappa shape index (κ2) is 6.50. The molecule has 22 heavy (non-hydrogen) atoms. The molecule has 3 N–H and O–H groups in total. The Morgan fingerprint density at radius 2 is 2.18 bits per heavy atom. The van der Waals surface area contributed by atoms with Gasteiger partial charge >= 0.3 is 0 Å². The van der Waals surface area contributed by atoms with Crippen molar-refractivity contribution in [3.8, 4) is 5.75 Å². The third kappa shape index (κ3) is 3.21. The lowest BCUT2D eigenvalue weighted by atomic mass is 10.3. The lowest BCUT2D eigenvalue weighted by Gasteiger charge is -2.06. The van der Waals surface area contributed by atoms with Crippen molar-refractivity contribution >= 4 is 33.3 Å². The summed E-state index contributed by atoms with van der Waals surface area (Å²) in [7, 11) is 0. The van der Waals surface area contributed by atoms with Gasteiger partial charge in [0, 0.05) is 30.4 Å². The van der Waals surface area contributed by atoms with Crippen LogP contribution in [0.25, 0.3) is 10.2 Å². The van der Waals surface area contributed by atoms with Crippen LogP contribution in [0.15, 0.2) is 42.7 Å². The Kier molecular flexibility index (Phi) is 4.27. The summed E-state index contributed by atoms with van der Waals surface area (Å²) < 4.78 is 5.41. The van der Waals surface area contributed by atoms with Crippen LogP contribution in [0.1, 0.15) is 9.67 Å². The third-order valence-corrected chi connectivity index (χ3v) is 3.93. The Bertz CT molecular complexity index is 770. The molecule has 1 amide bonds. The van der Waals surface area contributed by atoms with Crippen LogP contribution >= 0.6 is 11.3 Å². The number of nitrogens with two attached hydrogens (primary N) is 1. The first-order chi connectivity index (χ1) is 10.8. The fraction of sp³-hybridized carbons (Fsp3) is 0.133. The molecule has 7 heteroatoms. The number of thiophene rings is 1. The van der Waals surface area contributed by atoms with Crippen molar-refractivity contribution in [3.63, 3.8) is 0 Å². The Hall–Kier alpha value is -2.51. The summed E-state index contributed by atoms with van der Waals surface area (Å²) in [5.41, 5.74) is 5.39. The number of nitrogens with one attached hydrogen (secondary N) is 1. The normalized spacial score (nSPS) is 10.6. The van der Waals surface area contributed by atoms with Crippen LogP contribution < -0.4 is 15.8 Å². The minimum Gasteiger partial charge on any atom is -0.492 e. The summed E-state index contributed by atoms with van der Waals surface area (Å²) in [5, 5.41) is 3.71. The van der Waals surface area contributed by atoms with E-state index >= 15 is 0 Å². The van der Waals surface area contributed by atoms with Gasteiger partial charge in [-0.05, 0) is 18.2 Å². The Labute approximate surface area is 131 Å². The average Bonchev–Trinajstić information content (AvgIpc) is 2.97. The highest BCUT2D eigenvalue weighted by Gasteiger charge is 2.12. The van der Waals surface area contributed by atoms with E-state index in [0.717, 1.165) is 10.2 Å². The first-order valence-corrected chi connectivity index (χ1v) is 7.53. The van der Waals surface area contributed by atoms with Gasteiger partial charge in [-0.2, -0.15) is 0 Å². The molecule has 0 unspecified atom stereocenters. The smallest absolute Gasteiger partial charge is 0.266 e. The van der Waals surface area contributed by atoms with Gasteiger partial charge in [0.25, 0.3) is 5.91 Å². The SMILES string of the molecule is NCCOc1ccnc(NC(=O)c2cc3cccnc3s2)c1. The van der Waals surface area contributed by atoms with Gasteiger partial charge in [0.15, 0.2) is 0 Å². The first kappa shape index (κ1) is 14.4. The highest BCUT2D eigenvalue weighted by atomic mass is 32.1. The maximum atomic E-state index is 12.3. The van der Waals surface area contributed by atoms with Gasteiger partial charge in [0.05, 0.1) is 4.88 Å². The number of nitrogens with zero attached hydrogens (tertiary/aromatic N) is 2. The molecule has 3 heterocycles. The van der Waals surface area contributed by atoms with Crippen molar-refractivity contribution in [1.29, 1.82) is 0 Å². The predicted octanol–water partition coefficient (Wildman–Crippen LogP) is 2.28. The van der Waals surface area contributed by atoms with Crippen LogP contribution in [0.5, 0.6) is 5.75 Å². The van der Waals surface area contributed by atoms with Crippen LogP contribution in [0, 0.1) is 0 Å². The number of carbonyl (C=O) groups excluding carboxylic acids is 1. The van der Waals surface area contributed by atoms with E-state index in [0.29, 0.717) is 29.6 Å². The molecule has 0 radical (unpaired) electrons. The fourth-order valence-corrected chi connectivity index (χ4v) is 2.81. The Balaban J connectivity index is 1.76. The molecule has 3 aromatic heterocycles. The van der Waals surface area contributed by atoms with Crippen molar-refractivity contribution in [2.75, 3.05) is 18.5 Å². The quantitative estimate of drug-likeness (QED) is 0.754. The number of hydrogen-bond acceptors (Lipinski definition) is 6. The second-order valence-corrected chi connectivity index (χ2v) is 5.51. The first-order valence-electron chi connectivity index (χ1n) is 6.71. The largest absolute Gasteiger partial charge is 0.492 e. The average molecular weight is 314 g/mol. The van der Waals surface area contributed by atoms with Crippen LogP contribution in [0.2, 0.25) is 0 Å². The standard InChI is InChI=1S/C15H14N4O2S/c16-4-7-21-11-3-6-17-13(9-11)19-14(20)12-8-10-2-1-5-18-15(10)22-12/h1-3,5-6,8-9H,4,7,16H2,(H,17,19,20). The highest BCUT2D eigenvalue weighted by molar-refractivity contribution is 7.20.